The highest BCUT2D eigenvalue weighted by atomic mass is 15.1. The largest absolute Gasteiger partial charge is 0.310 e. The van der Waals surface area contributed by atoms with Crippen molar-refractivity contribution in [1.29, 1.82) is 0 Å². The first-order chi connectivity index (χ1) is 30.2. The summed E-state index contributed by atoms with van der Waals surface area (Å²) in [6, 6.07) is 73.4. The maximum absolute atomic E-state index is 2.53. The molecule has 286 valence electrons. The van der Waals surface area contributed by atoms with Crippen LogP contribution in [-0.2, 0) is 5.41 Å². The van der Waals surface area contributed by atoms with Crippen molar-refractivity contribution in [1.82, 2.24) is 0 Å². The van der Waals surface area contributed by atoms with Gasteiger partial charge in [-0.3, -0.25) is 0 Å². The number of fused-ring (bicyclic) bond motifs is 7. The first kappa shape index (κ1) is 34.4. The van der Waals surface area contributed by atoms with Crippen LogP contribution >= 0.6 is 0 Å². The Labute approximate surface area is 357 Å². The van der Waals surface area contributed by atoms with Gasteiger partial charge < -0.3 is 4.90 Å². The number of allylic oxidation sites excluding steroid dienone is 4. The molecule has 0 saturated heterocycles. The molecule has 61 heavy (non-hydrogen) atoms. The van der Waals surface area contributed by atoms with Gasteiger partial charge in [0.15, 0.2) is 0 Å². The molecule has 0 N–H and O–H groups in total. The Morgan fingerprint density at radius 1 is 0.410 bits per heavy atom. The fraction of sp³-hybridized carbons (Fsp3) is 0.0667. The molecule has 9 aromatic carbocycles. The Morgan fingerprint density at radius 3 is 1.77 bits per heavy atom. The summed E-state index contributed by atoms with van der Waals surface area (Å²) in [5.41, 5.74) is 25.4. The van der Waals surface area contributed by atoms with Gasteiger partial charge in [-0.1, -0.05) is 175 Å². The Bertz CT molecular complexity index is 3360. The Balaban J connectivity index is 1.09. The summed E-state index contributed by atoms with van der Waals surface area (Å²) < 4.78 is 0. The van der Waals surface area contributed by atoms with E-state index in [0.29, 0.717) is 0 Å². The van der Waals surface area contributed by atoms with E-state index in [0.717, 1.165) is 29.9 Å². The van der Waals surface area contributed by atoms with Crippen molar-refractivity contribution >= 4 is 33.4 Å². The predicted molar refractivity (Wildman–Crippen MR) is 256 cm³/mol. The molecule has 1 atom stereocenters. The third-order valence-corrected chi connectivity index (χ3v) is 13.9. The summed E-state index contributed by atoms with van der Waals surface area (Å²) in [5.74, 6) is 0. The molecule has 0 aromatic heterocycles. The van der Waals surface area contributed by atoms with Crippen molar-refractivity contribution in [2.45, 2.75) is 25.2 Å². The molecule has 1 unspecified atom stereocenters. The van der Waals surface area contributed by atoms with Crippen LogP contribution in [0.4, 0.5) is 17.1 Å². The smallest absolute Gasteiger partial charge is 0.0711 e. The lowest BCUT2D eigenvalue weighted by Crippen LogP contribution is -2.30. The molecule has 0 saturated carbocycles. The van der Waals surface area contributed by atoms with Gasteiger partial charge in [0.25, 0.3) is 0 Å². The lowest BCUT2D eigenvalue weighted by Gasteiger charge is -2.36. The second-order valence-corrected chi connectivity index (χ2v) is 17.1. The van der Waals surface area contributed by atoms with Crippen LogP contribution in [0.3, 0.4) is 0 Å². The van der Waals surface area contributed by atoms with E-state index in [4.69, 9.17) is 0 Å². The second-order valence-electron chi connectivity index (χ2n) is 17.1. The second kappa shape index (κ2) is 13.0. The molecular weight excluding hydrogens is 735 g/mol. The summed E-state index contributed by atoms with van der Waals surface area (Å²) >= 11 is 0. The minimum Gasteiger partial charge on any atom is -0.310 e. The molecule has 0 amide bonds. The number of hydrogen-bond acceptors (Lipinski definition) is 1. The molecule has 1 nitrogen and oxygen atoms in total. The third kappa shape index (κ3) is 4.83. The molecule has 1 heteroatoms. The van der Waals surface area contributed by atoms with E-state index < -0.39 is 5.41 Å². The predicted octanol–water partition coefficient (Wildman–Crippen LogP) is 16.0. The highest BCUT2D eigenvalue weighted by molar-refractivity contribution is 6.15. The van der Waals surface area contributed by atoms with Crippen LogP contribution in [0.2, 0.25) is 0 Å². The van der Waals surface area contributed by atoms with Crippen LogP contribution in [0.25, 0.3) is 72.0 Å². The molecule has 4 aliphatic carbocycles. The molecule has 9 aromatic rings. The number of nitrogens with zero attached hydrogens (tertiary/aromatic N) is 1. The lowest BCUT2D eigenvalue weighted by molar-refractivity contribution is 0.755. The van der Waals surface area contributed by atoms with E-state index in [1.54, 1.807) is 0 Å². The standard InChI is InChI=1S/C60H41N/c1-38-14-11-19-42(34-38)60(41-17-3-2-4-18-41)56-27-10-9-21-48(56)49-33-31-45(37-57(49)60)61(43-29-28-39-15-5-6-16-40(39)35-43)44-30-32-47-52-24-13-25-53-54-26-12-23-51(59(54)55(47)36-44)46-20-7-8-22-50(46)58(52)53/h2-8,10-20,22-37H,9,21H2,1H3. The molecule has 0 radical (unpaired) electrons. The first-order valence-electron chi connectivity index (χ1n) is 21.6. The van der Waals surface area contributed by atoms with Gasteiger partial charge in [0.2, 0.25) is 0 Å². The fourth-order valence-corrected chi connectivity index (χ4v) is 11.4. The summed E-state index contributed by atoms with van der Waals surface area (Å²) in [5, 5.41) is 2.46. The van der Waals surface area contributed by atoms with Gasteiger partial charge in [-0.05, 0) is 156 Å². The average molecular weight is 776 g/mol. The van der Waals surface area contributed by atoms with E-state index in [1.807, 2.05) is 0 Å². The van der Waals surface area contributed by atoms with Gasteiger partial charge in [-0.15, -0.1) is 0 Å². The van der Waals surface area contributed by atoms with Gasteiger partial charge in [0, 0.05) is 17.1 Å². The fourth-order valence-electron chi connectivity index (χ4n) is 11.4. The lowest BCUT2D eigenvalue weighted by atomic mass is 9.66. The first-order valence-corrected chi connectivity index (χ1v) is 21.6. The molecule has 0 spiro atoms. The normalized spacial score (nSPS) is 16.1. The van der Waals surface area contributed by atoms with Gasteiger partial charge in [0.1, 0.15) is 0 Å². The van der Waals surface area contributed by atoms with Crippen molar-refractivity contribution in [2.24, 2.45) is 0 Å². The molecule has 13 rings (SSSR count). The van der Waals surface area contributed by atoms with Crippen molar-refractivity contribution < 1.29 is 0 Å². The zero-order valence-electron chi connectivity index (χ0n) is 34.0. The van der Waals surface area contributed by atoms with E-state index in [1.165, 1.54) is 105 Å². The minimum atomic E-state index is -0.466. The highest BCUT2D eigenvalue weighted by Gasteiger charge is 2.47. The van der Waals surface area contributed by atoms with E-state index in [9.17, 15) is 0 Å². The maximum atomic E-state index is 2.53. The minimum absolute atomic E-state index is 0.466. The van der Waals surface area contributed by atoms with Gasteiger partial charge in [-0.25, -0.2) is 0 Å². The monoisotopic (exact) mass is 775 g/mol. The molecule has 0 heterocycles. The SMILES string of the molecule is Cc1cccc(C2(c3ccccc3)C3=C(CCC=C3)c3ccc(N(c4ccc5c(c4)-c4c6cccc4-c4cccc-5c4-c4ccccc4-6)c4ccc5ccccc5c4)cc32)c1. The van der Waals surface area contributed by atoms with Gasteiger partial charge in [0.05, 0.1) is 5.41 Å². The Hall–Kier alpha value is -7.48. The molecule has 0 fully saturated rings. The van der Waals surface area contributed by atoms with Crippen molar-refractivity contribution in [3.63, 3.8) is 0 Å². The molecule has 6 bridgehead atoms. The molecule has 4 aliphatic rings. The van der Waals surface area contributed by atoms with Crippen molar-refractivity contribution in [3.8, 4) is 55.6 Å². The third-order valence-electron chi connectivity index (χ3n) is 13.9. The van der Waals surface area contributed by atoms with E-state index in [2.05, 4.69) is 218 Å². The van der Waals surface area contributed by atoms with Crippen LogP contribution in [0.5, 0.6) is 0 Å². The number of rotatable bonds is 5. The summed E-state index contributed by atoms with van der Waals surface area (Å²) in [6.07, 6.45) is 6.90. The zero-order chi connectivity index (χ0) is 40.2. The van der Waals surface area contributed by atoms with Gasteiger partial charge in [-0.2, -0.15) is 0 Å². The Kier molecular flexibility index (Phi) is 7.33. The van der Waals surface area contributed by atoms with Crippen molar-refractivity contribution in [2.75, 3.05) is 4.90 Å². The number of benzene rings is 9. The summed E-state index contributed by atoms with van der Waals surface area (Å²) in [4.78, 5) is 2.51. The number of aryl methyl sites for hydroxylation is 1. The molecular formula is C60H41N. The van der Waals surface area contributed by atoms with Gasteiger partial charge >= 0.3 is 0 Å². The zero-order valence-corrected chi connectivity index (χ0v) is 34.0. The van der Waals surface area contributed by atoms with E-state index in [-0.39, 0.29) is 0 Å². The molecule has 0 aliphatic heterocycles. The Morgan fingerprint density at radius 2 is 0.984 bits per heavy atom. The van der Waals surface area contributed by atoms with E-state index >= 15 is 0 Å². The average Bonchev–Trinajstić information content (AvgIpc) is 3.55. The van der Waals surface area contributed by atoms with Crippen molar-refractivity contribution in [3.05, 3.63) is 240 Å². The number of hydrogen-bond donors (Lipinski definition) is 0. The summed E-state index contributed by atoms with van der Waals surface area (Å²) in [6.45, 7) is 2.22. The van der Waals surface area contributed by atoms with Crippen LogP contribution in [0, 0.1) is 6.92 Å². The van der Waals surface area contributed by atoms with Crippen LogP contribution in [-0.4, -0.2) is 0 Å². The number of anilines is 3. The van der Waals surface area contributed by atoms with Crippen LogP contribution in [0.15, 0.2) is 212 Å². The van der Waals surface area contributed by atoms with Crippen LogP contribution in [0.1, 0.15) is 40.7 Å². The maximum Gasteiger partial charge on any atom is 0.0711 e. The highest BCUT2D eigenvalue weighted by Crippen LogP contribution is 2.60. The summed E-state index contributed by atoms with van der Waals surface area (Å²) in [7, 11) is 0. The van der Waals surface area contributed by atoms with Crippen LogP contribution < -0.4 is 4.90 Å². The quantitative estimate of drug-likeness (QED) is 0.168. The topological polar surface area (TPSA) is 3.24 Å².